The zero-order valence-corrected chi connectivity index (χ0v) is 12.1. The smallest absolute Gasteiger partial charge is 0.227 e. The summed E-state index contributed by atoms with van der Waals surface area (Å²) in [6, 6.07) is 10.3. The first-order valence-corrected chi connectivity index (χ1v) is 7.93. The van der Waals surface area contributed by atoms with Gasteiger partial charge in [-0.2, -0.15) is 0 Å². The number of hydrogen-bond donors (Lipinski definition) is 0. The number of hydrogen-bond acceptors (Lipinski definition) is 2. The first kappa shape index (κ1) is 12.9. The minimum Gasteiger partial charge on any atom is -0.337 e. The average molecular weight is 284 g/mol. The fourth-order valence-corrected chi connectivity index (χ4v) is 3.83. The maximum absolute atomic E-state index is 12.4. The number of piperidine rings is 1. The second kappa shape index (κ2) is 4.86. The Morgan fingerprint density at radius 2 is 1.76 bits per heavy atom. The molecule has 0 aromatic heterocycles. The Kier molecular flexibility index (Phi) is 2.98. The van der Waals surface area contributed by atoms with Gasteiger partial charge in [-0.25, -0.2) is 0 Å². The molecule has 3 aliphatic rings. The summed E-state index contributed by atoms with van der Waals surface area (Å²) in [5.41, 5.74) is 0.970. The minimum atomic E-state index is 0.163. The van der Waals surface area contributed by atoms with Gasteiger partial charge in [0.15, 0.2) is 0 Å². The summed E-state index contributed by atoms with van der Waals surface area (Å²) in [4.78, 5) is 28.8. The molecule has 3 fully saturated rings. The van der Waals surface area contributed by atoms with Gasteiger partial charge in [0.2, 0.25) is 11.8 Å². The van der Waals surface area contributed by atoms with E-state index >= 15 is 0 Å². The molecule has 1 saturated carbocycles. The van der Waals surface area contributed by atoms with Gasteiger partial charge in [-0.3, -0.25) is 9.59 Å². The first-order chi connectivity index (χ1) is 10.3. The van der Waals surface area contributed by atoms with Crippen LogP contribution in [-0.4, -0.2) is 35.3 Å². The highest BCUT2D eigenvalue weighted by molar-refractivity contribution is 5.95. The van der Waals surface area contributed by atoms with Crippen LogP contribution in [0.4, 0.5) is 5.69 Å². The highest BCUT2D eigenvalue weighted by Crippen LogP contribution is 2.38. The van der Waals surface area contributed by atoms with Crippen LogP contribution >= 0.6 is 0 Å². The van der Waals surface area contributed by atoms with E-state index in [4.69, 9.17) is 0 Å². The maximum Gasteiger partial charge on any atom is 0.227 e. The van der Waals surface area contributed by atoms with Crippen LogP contribution in [0.15, 0.2) is 30.3 Å². The number of rotatable bonds is 2. The average Bonchev–Trinajstić information content (AvgIpc) is 3.27. The highest BCUT2D eigenvalue weighted by atomic mass is 16.2. The fourth-order valence-electron chi connectivity index (χ4n) is 3.83. The summed E-state index contributed by atoms with van der Waals surface area (Å²) in [6.45, 7) is 0.807. The molecular weight excluding hydrogens is 264 g/mol. The number of benzene rings is 1. The monoisotopic (exact) mass is 284 g/mol. The quantitative estimate of drug-likeness (QED) is 0.835. The van der Waals surface area contributed by atoms with E-state index in [2.05, 4.69) is 4.90 Å². The predicted octanol–water partition coefficient (Wildman–Crippen LogP) is 2.19. The number of carbonyl (C=O) groups is 2. The number of likely N-dealkylation sites (tertiary alicyclic amines) is 1. The van der Waals surface area contributed by atoms with E-state index in [1.165, 1.54) is 0 Å². The van der Waals surface area contributed by atoms with Crippen LogP contribution in [0, 0.1) is 5.92 Å². The van der Waals surface area contributed by atoms with Crippen LogP contribution in [0.1, 0.15) is 32.1 Å². The van der Waals surface area contributed by atoms with Crippen molar-refractivity contribution in [3.8, 4) is 0 Å². The van der Waals surface area contributed by atoms with Gasteiger partial charge in [0.05, 0.1) is 12.1 Å². The van der Waals surface area contributed by atoms with E-state index in [1.54, 1.807) is 0 Å². The van der Waals surface area contributed by atoms with Crippen molar-refractivity contribution in [2.24, 2.45) is 5.92 Å². The van der Waals surface area contributed by atoms with E-state index in [0.717, 1.165) is 37.9 Å². The van der Waals surface area contributed by atoms with Gasteiger partial charge >= 0.3 is 0 Å². The molecule has 4 nitrogen and oxygen atoms in total. The summed E-state index contributed by atoms with van der Waals surface area (Å²) in [6.07, 6.45) is 4.38. The molecule has 1 aliphatic carbocycles. The van der Waals surface area contributed by atoms with Crippen LogP contribution in [0.3, 0.4) is 0 Å². The Bertz CT molecular complexity index is 567. The van der Waals surface area contributed by atoms with Crippen molar-refractivity contribution in [1.82, 2.24) is 4.90 Å². The Labute approximate surface area is 124 Å². The third-order valence-corrected chi connectivity index (χ3v) is 5.01. The van der Waals surface area contributed by atoms with E-state index in [-0.39, 0.29) is 23.9 Å². The molecule has 1 aromatic carbocycles. The normalized spacial score (nSPS) is 28.7. The van der Waals surface area contributed by atoms with E-state index in [1.807, 2.05) is 35.2 Å². The Hall–Kier alpha value is -1.84. The molecular formula is C17H20N2O2. The number of carbonyl (C=O) groups excluding carboxylic acids is 2. The summed E-state index contributed by atoms with van der Waals surface area (Å²) in [7, 11) is 0. The molecule has 4 rings (SSSR count). The molecule has 21 heavy (non-hydrogen) atoms. The lowest BCUT2D eigenvalue weighted by atomic mass is 9.95. The number of amides is 2. The third kappa shape index (κ3) is 2.13. The molecule has 2 heterocycles. The second-order valence-electron chi connectivity index (χ2n) is 6.37. The summed E-state index contributed by atoms with van der Waals surface area (Å²) >= 11 is 0. The molecule has 0 N–H and O–H groups in total. The minimum absolute atomic E-state index is 0.163. The number of fused-ring (bicyclic) bond motifs is 1. The molecule has 0 radical (unpaired) electrons. The number of anilines is 1. The predicted molar refractivity (Wildman–Crippen MR) is 79.8 cm³/mol. The molecule has 2 saturated heterocycles. The van der Waals surface area contributed by atoms with E-state index in [0.29, 0.717) is 12.3 Å². The largest absolute Gasteiger partial charge is 0.337 e. The third-order valence-electron chi connectivity index (χ3n) is 5.01. The van der Waals surface area contributed by atoms with Gasteiger partial charge in [0, 0.05) is 24.6 Å². The van der Waals surface area contributed by atoms with Crippen molar-refractivity contribution >= 4 is 17.5 Å². The zero-order chi connectivity index (χ0) is 14.4. The zero-order valence-electron chi connectivity index (χ0n) is 12.1. The van der Waals surface area contributed by atoms with Crippen molar-refractivity contribution in [1.29, 1.82) is 0 Å². The van der Waals surface area contributed by atoms with Crippen LogP contribution in [0.5, 0.6) is 0 Å². The van der Waals surface area contributed by atoms with Gasteiger partial charge in [0.1, 0.15) is 0 Å². The SMILES string of the molecule is O=C(C1CC1)N1CC[C@H]2[C@@H]1CCC(=O)N2c1ccccc1. The molecule has 110 valence electrons. The van der Waals surface area contributed by atoms with Crippen LogP contribution in [0.25, 0.3) is 0 Å². The topological polar surface area (TPSA) is 40.6 Å². The Morgan fingerprint density at radius 1 is 1.00 bits per heavy atom. The lowest BCUT2D eigenvalue weighted by Crippen LogP contribution is -2.53. The van der Waals surface area contributed by atoms with Crippen molar-refractivity contribution in [2.45, 2.75) is 44.2 Å². The van der Waals surface area contributed by atoms with Crippen molar-refractivity contribution < 1.29 is 9.59 Å². The number of nitrogens with zero attached hydrogens (tertiary/aromatic N) is 2. The first-order valence-electron chi connectivity index (χ1n) is 7.93. The molecule has 0 bridgehead atoms. The maximum atomic E-state index is 12.4. The summed E-state index contributed by atoms with van der Waals surface area (Å²) in [5, 5.41) is 0. The standard InChI is InChI=1S/C17H20N2O2/c20-16-9-8-14-15(19(16)13-4-2-1-3-5-13)10-11-18(14)17(21)12-6-7-12/h1-5,12,14-15H,6-11H2/t14-,15-/m0/s1. The van der Waals surface area contributed by atoms with E-state index in [9.17, 15) is 9.59 Å². The van der Waals surface area contributed by atoms with Crippen molar-refractivity contribution in [3.63, 3.8) is 0 Å². The van der Waals surface area contributed by atoms with Gasteiger partial charge in [0.25, 0.3) is 0 Å². The molecule has 2 amide bonds. The summed E-state index contributed by atoms with van der Waals surface area (Å²) in [5.74, 6) is 0.791. The van der Waals surface area contributed by atoms with Gasteiger partial charge < -0.3 is 9.80 Å². The Morgan fingerprint density at radius 3 is 2.48 bits per heavy atom. The molecule has 2 atom stereocenters. The number of para-hydroxylation sites is 1. The fraction of sp³-hybridized carbons (Fsp3) is 0.529. The summed E-state index contributed by atoms with van der Waals surface area (Å²) < 4.78 is 0. The highest BCUT2D eigenvalue weighted by Gasteiger charge is 2.47. The van der Waals surface area contributed by atoms with Crippen LogP contribution < -0.4 is 4.90 Å². The molecule has 0 unspecified atom stereocenters. The van der Waals surface area contributed by atoms with Crippen molar-refractivity contribution in [3.05, 3.63) is 30.3 Å². The van der Waals surface area contributed by atoms with E-state index < -0.39 is 0 Å². The van der Waals surface area contributed by atoms with Crippen LogP contribution in [-0.2, 0) is 9.59 Å². The molecule has 1 aromatic rings. The second-order valence-corrected chi connectivity index (χ2v) is 6.37. The lowest BCUT2D eigenvalue weighted by Gasteiger charge is -2.39. The molecule has 2 aliphatic heterocycles. The van der Waals surface area contributed by atoms with Gasteiger partial charge in [-0.1, -0.05) is 18.2 Å². The lowest BCUT2D eigenvalue weighted by molar-refractivity contribution is -0.135. The molecule has 4 heteroatoms. The van der Waals surface area contributed by atoms with Gasteiger partial charge in [-0.05, 0) is 37.8 Å². The molecule has 0 spiro atoms. The van der Waals surface area contributed by atoms with Crippen LogP contribution in [0.2, 0.25) is 0 Å². The van der Waals surface area contributed by atoms with Crippen molar-refractivity contribution in [2.75, 3.05) is 11.4 Å². The Balaban J connectivity index is 1.61. The van der Waals surface area contributed by atoms with Gasteiger partial charge in [-0.15, -0.1) is 0 Å².